The van der Waals surface area contributed by atoms with Crippen molar-refractivity contribution >= 4 is 28.4 Å². The molecule has 0 radical (unpaired) electrons. The van der Waals surface area contributed by atoms with Crippen molar-refractivity contribution in [3.05, 3.63) is 24.3 Å². The van der Waals surface area contributed by atoms with E-state index >= 15 is 0 Å². The highest BCUT2D eigenvalue weighted by atomic mass is 35.5. The first-order valence-electron chi connectivity index (χ1n) is 4.74. The monoisotopic (exact) mass is 241 g/mol. The third-order valence-corrected chi connectivity index (χ3v) is 2.12. The molecule has 0 atom stereocenters. The van der Waals surface area contributed by atoms with Crippen LogP contribution in [0.1, 0.15) is 12.8 Å². The first-order valence-corrected chi connectivity index (χ1v) is 5.12. The molecule has 0 spiro atoms. The molecule has 0 fully saturated rings. The summed E-state index contributed by atoms with van der Waals surface area (Å²) >= 11 is 5.14. The fourth-order valence-electron chi connectivity index (χ4n) is 1.17. The summed E-state index contributed by atoms with van der Waals surface area (Å²) in [6.45, 7) is 0. The second kappa shape index (κ2) is 6.12. The number of carbonyl (C=O) groups is 2. The number of carbonyl (C=O) groups excluding carboxylic acids is 2. The lowest BCUT2D eigenvalue weighted by atomic mass is 10.2. The normalized spacial score (nSPS) is 9.62. The maximum atomic E-state index is 11.4. The zero-order valence-corrected chi connectivity index (χ0v) is 9.58. The molecule has 0 aromatic heterocycles. The van der Waals surface area contributed by atoms with E-state index in [2.05, 4.69) is 5.32 Å². The van der Waals surface area contributed by atoms with Crippen LogP contribution in [0.25, 0.3) is 0 Å². The minimum atomic E-state index is -0.518. The molecule has 0 aliphatic rings. The van der Waals surface area contributed by atoms with Gasteiger partial charge < -0.3 is 10.1 Å². The molecule has 0 saturated heterocycles. The van der Waals surface area contributed by atoms with Gasteiger partial charge >= 0.3 is 0 Å². The summed E-state index contributed by atoms with van der Waals surface area (Å²) in [7, 11) is 1.52. The van der Waals surface area contributed by atoms with Crippen molar-refractivity contribution in [3.8, 4) is 5.75 Å². The number of amides is 1. The quantitative estimate of drug-likeness (QED) is 0.804. The Morgan fingerprint density at radius 1 is 1.31 bits per heavy atom. The molecular weight excluding hydrogens is 230 g/mol. The Balaban J connectivity index is 2.58. The van der Waals surface area contributed by atoms with Crippen molar-refractivity contribution in [2.75, 3.05) is 12.4 Å². The molecule has 1 aromatic rings. The van der Waals surface area contributed by atoms with E-state index in [9.17, 15) is 9.59 Å². The second-order valence-electron chi connectivity index (χ2n) is 3.10. The van der Waals surface area contributed by atoms with Crippen LogP contribution in [-0.4, -0.2) is 18.3 Å². The molecule has 16 heavy (non-hydrogen) atoms. The van der Waals surface area contributed by atoms with E-state index in [4.69, 9.17) is 16.3 Å². The molecule has 1 N–H and O–H groups in total. The number of hydrogen-bond acceptors (Lipinski definition) is 3. The Kier molecular flexibility index (Phi) is 4.79. The van der Waals surface area contributed by atoms with E-state index in [1.165, 1.54) is 7.11 Å². The molecule has 0 bridgehead atoms. The standard InChI is InChI=1S/C11H12ClNO3/c1-16-9-5-3-2-4-8(9)13-11(15)7-6-10(12)14/h2-5H,6-7H2,1H3,(H,13,15). The first kappa shape index (κ1) is 12.5. The lowest BCUT2D eigenvalue weighted by Crippen LogP contribution is -2.12. The molecule has 4 nitrogen and oxygen atoms in total. The zero-order chi connectivity index (χ0) is 12.0. The zero-order valence-electron chi connectivity index (χ0n) is 8.83. The van der Waals surface area contributed by atoms with Crippen LogP contribution < -0.4 is 10.1 Å². The third kappa shape index (κ3) is 3.90. The fourth-order valence-corrected chi connectivity index (χ4v) is 1.27. The van der Waals surface area contributed by atoms with Crippen molar-refractivity contribution < 1.29 is 14.3 Å². The molecule has 86 valence electrons. The largest absolute Gasteiger partial charge is 0.495 e. The lowest BCUT2D eigenvalue weighted by Gasteiger charge is -2.08. The average Bonchev–Trinajstić information content (AvgIpc) is 2.27. The summed E-state index contributed by atoms with van der Waals surface area (Å²) in [5.74, 6) is 0.312. The van der Waals surface area contributed by atoms with Crippen LogP contribution in [-0.2, 0) is 9.59 Å². The topological polar surface area (TPSA) is 55.4 Å². The summed E-state index contributed by atoms with van der Waals surface area (Å²) in [4.78, 5) is 21.9. The molecule has 1 aromatic carbocycles. The number of benzene rings is 1. The minimum Gasteiger partial charge on any atom is -0.495 e. The second-order valence-corrected chi connectivity index (χ2v) is 3.53. The fraction of sp³-hybridized carbons (Fsp3) is 0.273. The number of rotatable bonds is 5. The summed E-state index contributed by atoms with van der Waals surface area (Å²) < 4.78 is 5.06. The van der Waals surface area contributed by atoms with Gasteiger partial charge in [-0.3, -0.25) is 9.59 Å². The van der Waals surface area contributed by atoms with Crippen LogP contribution in [0.3, 0.4) is 0 Å². The summed E-state index contributed by atoms with van der Waals surface area (Å²) in [5, 5.41) is 2.12. The van der Waals surface area contributed by atoms with Gasteiger partial charge in [-0.05, 0) is 23.7 Å². The van der Waals surface area contributed by atoms with Crippen molar-refractivity contribution in [1.82, 2.24) is 0 Å². The first-order chi connectivity index (χ1) is 7.63. The molecule has 5 heteroatoms. The molecular formula is C11H12ClNO3. The SMILES string of the molecule is COc1ccccc1NC(=O)CCC(=O)Cl. The van der Waals surface area contributed by atoms with Crippen molar-refractivity contribution in [3.63, 3.8) is 0 Å². The number of methoxy groups -OCH3 is 1. The van der Waals surface area contributed by atoms with Crippen molar-refractivity contribution in [2.24, 2.45) is 0 Å². The predicted octanol–water partition coefficient (Wildman–Crippen LogP) is 2.18. The number of nitrogens with one attached hydrogen (secondary N) is 1. The Morgan fingerprint density at radius 2 is 2.00 bits per heavy atom. The highest BCUT2D eigenvalue weighted by Gasteiger charge is 2.08. The van der Waals surface area contributed by atoms with Crippen LogP contribution in [0.5, 0.6) is 5.75 Å². The Hall–Kier alpha value is -1.55. The average molecular weight is 242 g/mol. The van der Waals surface area contributed by atoms with E-state index in [1.807, 2.05) is 0 Å². The Morgan fingerprint density at radius 3 is 2.62 bits per heavy atom. The highest BCUT2D eigenvalue weighted by Crippen LogP contribution is 2.23. The summed E-state index contributed by atoms with van der Waals surface area (Å²) in [5.41, 5.74) is 0.581. The van der Waals surface area contributed by atoms with Crippen LogP contribution in [0.2, 0.25) is 0 Å². The van der Waals surface area contributed by atoms with Crippen molar-refractivity contribution in [1.29, 1.82) is 0 Å². The van der Waals surface area contributed by atoms with E-state index in [0.717, 1.165) is 0 Å². The maximum Gasteiger partial charge on any atom is 0.224 e. The minimum absolute atomic E-state index is 0.0303. The van der Waals surface area contributed by atoms with Gasteiger partial charge in [0.1, 0.15) is 5.75 Å². The van der Waals surface area contributed by atoms with Crippen LogP contribution in [0, 0.1) is 0 Å². The van der Waals surface area contributed by atoms with Gasteiger partial charge in [-0.2, -0.15) is 0 Å². The number of halogens is 1. The number of anilines is 1. The van der Waals surface area contributed by atoms with E-state index in [1.54, 1.807) is 24.3 Å². The van der Waals surface area contributed by atoms with E-state index in [0.29, 0.717) is 11.4 Å². The van der Waals surface area contributed by atoms with E-state index < -0.39 is 5.24 Å². The molecule has 1 amide bonds. The van der Waals surface area contributed by atoms with Crippen LogP contribution >= 0.6 is 11.6 Å². The predicted molar refractivity (Wildman–Crippen MR) is 61.7 cm³/mol. The lowest BCUT2D eigenvalue weighted by molar-refractivity contribution is -0.119. The van der Waals surface area contributed by atoms with Gasteiger partial charge in [0.25, 0.3) is 0 Å². The van der Waals surface area contributed by atoms with Crippen LogP contribution in [0.4, 0.5) is 5.69 Å². The number of hydrogen-bond donors (Lipinski definition) is 1. The van der Waals surface area contributed by atoms with Gasteiger partial charge in [-0.1, -0.05) is 12.1 Å². The molecule has 0 aliphatic carbocycles. The molecule has 0 heterocycles. The van der Waals surface area contributed by atoms with Gasteiger partial charge in [0, 0.05) is 12.8 Å². The van der Waals surface area contributed by atoms with E-state index in [-0.39, 0.29) is 18.7 Å². The van der Waals surface area contributed by atoms with Crippen molar-refractivity contribution in [2.45, 2.75) is 12.8 Å². The number of para-hydroxylation sites is 2. The Bertz CT molecular complexity index is 393. The Labute approximate surface area is 98.5 Å². The molecule has 0 saturated carbocycles. The maximum absolute atomic E-state index is 11.4. The summed E-state index contributed by atoms with van der Waals surface area (Å²) in [6, 6.07) is 7.04. The third-order valence-electron chi connectivity index (χ3n) is 1.93. The van der Waals surface area contributed by atoms with Crippen LogP contribution in [0.15, 0.2) is 24.3 Å². The van der Waals surface area contributed by atoms with Gasteiger partial charge in [0.2, 0.25) is 11.1 Å². The highest BCUT2D eigenvalue weighted by molar-refractivity contribution is 6.63. The summed E-state index contributed by atoms with van der Waals surface area (Å²) in [6.07, 6.45) is 0.100. The smallest absolute Gasteiger partial charge is 0.224 e. The van der Waals surface area contributed by atoms with Gasteiger partial charge in [0.05, 0.1) is 12.8 Å². The number of ether oxygens (including phenoxy) is 1. The van der Waals surface area contributed by atoms with Gasteiger partial charge in [-0.25, -0.2) is 0 Å². The molecule has 0 aliphatic heterocycles. The molecule has 0 unspecified atom stereocenters. The van der Waals surface area contributed by atoms with Gasteiger partial charge in [-0.15, -0.1) is 0 Å². The molecule has 1 rings (SSSR count). The van der Waals surface area contributed by atoms with Gasteiger partial charge in [0.15, 0.2) is 0 Å².